The Hall–Kier alpha value is -1.90. The molecule has 0 bridgehead atoms. The molecule has 3 heteroatoms. The minimum absolute atomic E-state index is 0.654. The fourth-order valence-corrected chi connectivity index (χ4v) is 2.29. The van der Waals surface area contributed by atoms with E-state index in [2.05, 4.69) is 4.98 Å². The smallest absolute Gasteiger partial charge is 0.122 e. The van der Waals surface area contributed by atoms with Crippen LogP contribution in [-0.2, 0) is 0 Å². The molecule has 2 aromatic carbocycles. The van der Waals surface area contributed by atoms with E-state index in [9.17, 15) is 5.11 Å². The normalized spacial score (nSPS) is 12.5. The molecule has 0 saturated carbocycles. The maximum atomic E-state index is 10.5. The molecule has 3 rings (SSSR count). The highest BCUT2D eigenvalue weighted by Gasteiger charge is 2.14. The number of aromatic nitrogens is 1. The number of aliphatic hydroxyl groups excluding tert-OH is 1. The molecule has 1 atom stereocenters. The molecule has 0 aliphatic carbocycles. The molecule has 1 heterocycles. The highest BCUT2D eigenvalue weighted by molar-refractivity contribution is 6.30. The molecular formula is C16H12ClNO. The lowest BCUT2D eigenvalue weighted by atomic mass is 10.0. The van der Waals surface area contributed by atoms with Gasteiger partial charge in [0.1, 0.15) is 6.10 Å². The fraction of sp³-hybridized carbons (Fsp3) is 0.0625. The van der Waals surface area contributed by atoms with Crippen molar-refractivity contribution in [2.24, 2.45) is 0 Å². The number of aliphatic hydroxyl groups is 1. The quantitative estimate of drug-likeness (QED) is 0.764. The molecule has 0 saturated heterocycles. The van der Waals surface area contributed by atoms with Gasteiger partial charge in [0.25, 0.3) is 0 Å². The lowest BCUT2D eigenvalue weighted by Gasteiger charge is -2.13. The first-order valence-electron chi connectivity index (χ1n) is 6.03. The van der Waals surface area contributed by atoms with E-state index in [1.165, 1.54) is 0 Å². The van der Waals surface area contributed by atoms with E-state index in [-0.39, 0.29) is 0 Å². The molecule has 0 fully saturated rings. The molecule has 1 aromatic heterocycles. The number of fused-ring (bicyclic) bond motifs is 1. The van der Waals surface area contributed by atoms with Crippen molar-refractivity contribution < 1.29 is 5.11 Å². The van der Waals surface area contributed by atoms with Crippen molar-refractivity contribution >= 4 is 22.4 Å². The van der Waals surface area contributed by atoms with Crippen molar-refractivity contribution in [2.45, 2.75) is 6.10 Å². The molecule has 2 nitrogen and oxygen atoms in total. The molecule has 0 spiro atoms. The average molecular weight is 270 g/mol. The van der Waals surface area contributed by atoms with Crippen molar-refractivity contribution in [3.63, 3.8) is 0 Å². The second kappa shape index (κ2) is 5.00. The van der Waals surface area contributed by atoms with Gasteiger partial charge in [-0.1, -0.05) is 48.0 Å². The second-order valence-electron chi connectivity index (χ2n) is 4.37. The van der Waals surface area contributed by atoms with Gasteiger partial charge in [-0.05, 0) is 29.1 Å². The second-order valence-corrected chi connectivity index (χ2v) is 4.81. The molecule has 0 aliphatic heterocycles. The summed E-state index contributed by atoms with van der Waals surface area (Å²) in [7, 11) is 0. The van der Waals surface area contributed by atoms with Crippen LogP contribution in [0.25, 0.3) is 10.8 Å². The van der Waals surface area contributed by atoms with Gasteiger partial charge in [0, 0.05) is 16.6 Å². The van der Waals surface area contributed by atoms with Crippen molar-refractivity contribution in [2.75, 3.05) is 0 Å². The SMILES string of the molecule is O[C@@H](c1ccc(Cl)cc1)c1nccc2ccccc12. The lowest BCUT2D eigenvalue weighted by Crippen LogP contribution is -2.02. The van der Waals surface area contributed by atoms with Crippen molar-refractivity contribution in [3.05, 3.63) is 77.1 Å². The van der Waals surface area contributed by atoms with Crippen molar-refractivity contribution in [1.82, 2.24) is 4.98 Å². The summed E-state index contributed by atoms with van der Waals surface area (Å²) in [5, 5.41) is 13.2. The van der Waals surface area contributed by atoms with E-state index in [4.69, 9.17) is 11.6 Å². The Kier molecular flexibility index (Phi) is 3.20. The average Bonchev–Trinajstić information content (AvgIpc) is 2.47. The van der Waals surface area contributed by atoms with Crippen LogP contribution in [0.15, 0.2) is 60.8 Å². The van der Waals surface area contributed by atoms with Gasteiger partial charge < -0.3 is 5.11 Å². The van der Waals surface area contributed by atoms with E-state index in [1.54, 1.807) is 18.3 Å². The molecule has 0 aliphatic rings. The van der Waals surface area contributed by atoms with E-state index in [0.29, 0.717) is 10.7 Å². The summed E-state index contributed by atoms with van der Waals surface area (Å²) in [5.41, 5.74) is 1.45. The highest BCUT2D eigenvalue weighted by Crippen LogP contribution is 2.27. The van der Waals surface area contributed by atoms with E-state index in [0.717, 1.165) is 16.3 Å². The first-order chi connectivity index (χ1) is 9.25. The number of pyridine rings is 1. The fourth-order valence-electron chi connectivity index (χ4n) is 2.16. The summed E-state index contributed by atoms with van der Waals surface area (Å²) in [6.07, 6.45) is 0.972. The van der Waals surface area contributed by atoms with Crippen LogP contribution >= 0.6 is 11.6 Å². The topological polar surface area (TPSA) is 33.1 Å². The van der Waals surface area contributed by atoms with Gasteiger partial charge in [0.2, 0.25) is 0 Å². The zero-order valence-electron chi connectivity index (χ0n) is 10.1. The predicted molar refractivity (Wildman–Crippen MR) is 77.3 cm³/mol. The minimum atomic E-state index is -0.747. The van der Waals surface area contributed by atoms with E-state index < -0.39 is 6.10 Å². The van der Waals surface area contributed by atoms with Crippen molar-refractivity contribution in [1.29, 1.82) is 0 Å². The first-order valence-corrected chi connectivity index (χ1v) is 6.41. The van der Waals surface area contributed by atoms with E-state index in [1.807, 2.05) is 42.5 Å². The zero-order chi connectivity index (χ0) is 13.2. The van der Waals surface area contributed by atoms with Crippen LogP contribution in [0.2, 0.25) is 5.02 Å². The summed E-state index contributed by atoms with van der Waals surface area (Å²) in [6.45, 7) is 0. The Labute approximate surface area is 116 Å². The van der Waals surface area contributed by atoms with Gasteiger partial charge in [0.15, 0.2) is 0 Å². The van der Waals surface area contributed by atoms with Crippen LogP contribution in [0.4, 0.5) is 0 Å². The monoisotopic (exact) mass is 269 g/mol. The Bertz CT molecular complexity index is 704. The molecule has 0 unspecified atom stereocenters. The molecular weight excluding hydrogens is 258 g/mol. The predicted octanol–water partition coefficient (Wildman–Crippen LogP) is 3.97. The molecule has 3 aromatic rings. The maximum absolute atomic E-state index is 10.5. The molecule has 0 amide bonds. The van der Waals surface area contributed by atoms with Crippen LogP contribution in [0, 0.1) is 0 Å². The summed E-state index contributed by atoms with van der Waals surface area (Å²) in [4.78, 5) is 4.32. The van der Waals surface area contributed by atoms with Gasteiger partial charge in [-0.15, -0.1) is 0 Å². The number of rotatable bonds is 2. The van der Waals surface area contributed by atoms with Gasteiger partial charge in [-0.25, -0.2) is 0 Å². The lowest BCUT2D eigenvalue weighted by molar-refractivity contribution is 0.217. The number of hydrogen-bond donors (Lipinski definition) is 1. The Morgan fingerprint density at radius 2 is 1.68 bits per heavy atom. The number of benzene rings is 2. The number of nitrogens with zero attached hydrogens (tertiary/aromatic N) is 1. The van der Waals surface area contributed by atoms with Crippen molar-refractivity contribution in [3.8, 4) is 0 Å². The third-order valence-electron chi connectivity index (χ3n) is 3.15. The maximum Gasteiger partial charge on any atom is 0.122 e. The number of halogens is 1. The summed E-state index contributed by atoms with van der Waals surface area (Å²) in [6, 6.07) is 17.0. The van der Waals surface area contributed by atoms with Crippen LogP contribution < -0.4 is 0 Å². The van der Waals surface area contributed by atoms with Gasteiger partial charge in [-0.3, -0.25) is 4.98 Å². The van der Waals surface area contributed by atoms with Crippen LogP contribution in [0.5, 0.6) is 0 Å². The standard InChI is InChI=1S/C16H12ClNO/c17-13-7-5-12(6-8-13)16(19)15-14-4-2-1-3-11(14)9-10-18-15/h1-10,16,19H/t16-/m0/s1. The molecule has 19 heavy (non-hydrogen) atoms. The van der Waals surface area contributed by atoms with Gasteiger partial charge >= 0.3 is 0 Å². The molecule has 1 N–H and O–H groups in total. The Morgan fingerprint density at radius 1 is 0.947 bits per heavy atom. The minimum Gasteiger partial charge on any atom is -0.382 e. The molecule has 0 radical (unpaired) electrons. The van der Waals surface area contributed by atoms with Crippen LogP contribution in [0.1, 0.15) is 17.4 Å². The van der Waals surface area contributed by atoms with Crippen LogP contribution in [0.3, 0.4) is 0 Å². The molecule has 94 valence electrons. The highest BCUT2D eigenvalue weighted by atomic mass is 35.5. The summed E-state index contributed by atoms with van der Waals surface area (Å²) < 4.78 is 0. The Morgan fingerprint density at radius 3 is 2.47 bits per heavy atom. The van der Waals surface area contributed by atoms with Gasteiger partial charge in [-0.2, -0.15) is 0 Å². The summed E-state index contributed by atoms with van der Waals surface area (Å²) >= 11 is 5.86. The first kappa shape index (κ1) is 12.2. The largest absolute Gasteiger partial charge is 0.382 e. The summed E-state index contributed by atoms with van der Waals surface area (Å²) in [5.74, 6) is 0. The zero-order valence-corrected chi connectivity index (χ0v) is 10.9. The van der Waals surface area contributed by atoms with E-state index >= 15 is 0 Å². The third kappa shape index (κ3) is 2.33. The third-order valence-corrected chi connectivity index (χ3v) is 3.40. The van der Waals surface area contributed by atoms with Gasteiger partial charge in [0.05, 0.1) is 5.69 Å². The number of hydrogen-bond acceptors (Lipinski definition) is 2. The van der Waals surface area contributed by atoms with Crippen LogP contribution in [-0.4, -0.2) is 10.1 Å². The Balaban J connectivity index is 2.11.